The summed E-state index contributed by atoms with van der Waals surface area (Å²) in [6, 6.07) is 7.44. The van der Waals surface area contributed by atoms with E-state index >= 15 is 0 Å². The van der Waals surface area contributed by atoms with Gasteiger partial charge in [0.2, 0.25) is 11.8 Å². The van der Waals surface area contributed by atoms with Crippen LogP contribution in [0, 0.1) is 11.8 Å². The molecule has 5 rings (SSSR count). The molecule has 2 unspecified atom stereocenters. The van der Waals surface area contributed by atoms with Crippen LogP contribution in [0.5, 0.6) is 0 Å². The number of amides is 2. The number of fused-ring (bicyclic) bond motifs is 1. The number of esters is 1. The Morgan fingerprint density at radius 1 is 1.19 bits per heavy atom. The summed E-state index contributed by atoms with van der Waals surface area (Å²) < 4.78 is 17.7. The minimum atomic E-state index is -1.18. The fourth-order valence-corrected chi connectivity index (χ4v) is 7.21. The molecular formula is C32H43N3O7. The number of aliphatic hydroxyl groups excluding tert-OH is 1. The van der Waals surface area contributed by atoms with E-state index in [2.05, 4.69) is 18.1 Å². The second-order valence-corrected chi connectivity index (χ2v) is 11.5. The monoisotopic (exact) mass is 581 g/mol. The summed E-state index contributed by atoms with van der Waals surface area (Å²) in [4.78, 5) is 48.0. The van der Waals surface area contributed by atoms with Crippen LogP contribution in [0.15, 0.2) is 55.6 Å². The number of rotatable bonds is 14. The first kappa shape index (κ1) is 30.4. The molecule has 2 bridgehead atoms. The number of ether oxygens (including phenoxy) is 3. The molecule has 42 heavy (non-hydrogen) atoms. The Labute approximate surface area is 247 Å². The van der Waals surface area contributed by atoms with Gasteiger partial charge in [0.15, 0.2) is 0 Å². The minimum absolute atomic E-state index is 0.228. The molecule has 0 aliphatic carbocycles. The summed E-state index contributed by atoms with van der Waals surface area (Å²) >= 11 is 0. The molecule has 4 saturated heterocycles. The molecule has 0 radical (unpaired) electrons. The van der Waals surface area contributed by atoms with Crippen molar-refractivity contribution >= 4 is 17.8 Å². The highest BCUT2D eigenvalue weighted by atomic mass is 16.6. The summed E-state index contributed by atoms with van der Waals surface area (Å²) in [6.45, 7) is 11.7. The number of hydrogen-bond acceptors (Lipinski definition) is 8. The van der Waals surface area contributed by atoms with Crippen LogP contribution in [0.1, 0.15) is 37.3 Å². The number of aliphatic hydroxyl groups is 1. The molecule has 1 spiro atoms. The van der Waals surface area contributed by atoms with Gasteiger partial charge in [0.25, 0.3) is 0 Å². The number of allylic oxidation sites excluding steroid dienone is 1. The third-order valence-electron chi connectivity index (χ3n) is 9.19. The lowest BCUT2D eigenvalue weighted by molar-refractivity contribution is -0.156. The largest absolute Gasteiger partial charge is 0.465 e. The van der Waals surface area contributed by atoms with E-state index in [0.29, 0.717) is 64.1 Å². The van der Waals surface area contributed by atoms with Crippen molar-refractivity contribution < 1.29 is 33.7 Å². The van der Waals surface area contributed by atoms with Crippen LogP contribution in [0.4, 0.5) is 0 Å². The summed E-state index contributed by atoms with van der Waals surface area (Å²) in [6.07, 6.45) is 5.35. The van der Waals surface area contributed by atoms with Crippen LogP contribution in [0.3, 0.4) is 0 Å². The van der Waals surface area contributed by atoms with Gasteiger partial charge in [-0.05, 0) is 31.2 Å². The van der Waals surface area contributed by atoms with Crippen LogP contribution < -0.4 is 0 Å². The molecule has 2 amide bonds. The number of unbranched alkanes of at least 4 members (excludes halogenated alkanes) is 1. The Morgan fingerprint density at radius 2 is 1.95 bits per heavy atom. The molecule has 0 saturated carbocycles. The fraction of sp³-hybridized carbons (Fsp3) is 0.594. The van der Waals surface area contributed by atoms with Gasteiger partial charge in [0.05, 0.1) is 50.4 Å². The fourth-order valence-electron chi connectivity index (χ4n) is 7.21. The number of likely N-dealkylation sites (tertiary alicyclic amines) is 1. The number of carbonyl (C=O) groups is 3. The maximum atomic E-state index is 14.6. The quantitative estimate of drug-likeness (QED) is 0.202. The maximum absolute atomic E-state index is 14.6. The molecule has 1 aromatic rings. The molecule has 10 nitrogen and oxygen atoms in total. The van der Waals surface area contributed by atoms with Crippen molar-refractivity contribution in [3.8, 4) is 0 Å². The molecule has 10 heteroatoms. The van der Waals surface area contributed by atoms with Crippen LogP contribution in [0.2, 0.25) is 0 Å². The Kier molecular flexibility index (Phi) is 9.77. The topological polar surface area (TPSA) is 109 Å². The zero-order valence-electron chi connectivity index (χ0n) is 24.3. The van der Waals surface area contributed by atoms with Crippen molar-refractivity contribution in [3.63, 3.8) is 0 Å². The molecule has 4 aliphatic rings. The first-order valence-corrected chi connectivity index (χ1v) is 15.1. The van der Waals surface area contributed by atoms with E-state index in [1.165, 1.54) is 4.90 Å². The Bertz CT molecular complexity index is 1140. The van der Waals surface area contributed by atoms with Gasteiger partial charge in [0.1, 0.15) is 11.6 Å². The van der Waals surface area contributed by atoms with Gasteiger partial charge < -0.3 is 29.1 Å². The van der Waals surface area contributed by atoms with Gasteiger partial charge in [-0.15, -0.1) is 13.2 Å². The van der Waals surface area contributed by atoms with Crippen molar-refractivity contribution in [1.29, 1.82) is 0 Å². The SMILES string of the molecule is C=CCCCOC(=O)[C@@H]1[C@@H]2CCC3(O2)C(C(=O)N(CC=C)CCN2CCOCC2)N([C@H](CO)c2ccccc2)C(=O)[C@H]13. The summed E-state index contributed by atoms with van der Waals surface area (Å²) in [5.74, 6) is -2.73. The Hall–Kier alpha value is -3.05. The van der Waals surface area contributed by atoms with Crippen LogP contribution in [-0.2, 0) is 28.6 Å². The van der Waals surface area contributed by atoms with Gasteiger partial charge in [-0.25, -0.2) is 0 Å². The molecule has 4 fully saturated rings. The third kappa shape index (κ3) is 5.65. The lowest BCUT2D eigenvalue weighted by Gasteiger charge is -2.40. The second kappa shape index (κ2) is 13.5. The van der Waals surface area contributed by atoms with Crippen LogP contribution >= 0.6 is 0 Å². The van der Waals surface area contributed by atoms with Crippen LogP contribution in [-0.4, -0.2) is 114 Å². The minimum Gasteiger partial charge on any atom is -0.465 e. The van der Waals surface area contributed by atoms with Crippen molar-refractivity contribution in [2.75, 3.05) is 59.2 Å². The number of carbonyl (C=O) groups excluding carboxylic acids is 3. The molecule has 0 aromatic heterocycles. The van der Waals surface area contributed by atoms with E-state index in [9.17, 15) is 19.5 Å². The normalized spacial score (nSPS) is 29.3. The van der Waals surface area contributed by atoms with E-state index in [0.717, 1.165) is 13.1 Å². The molecular weight excluding hydrogens is 538 g/mol. The Balaban J connectivity index is 1.48. The van der Waals surface area contributed by atoms with Gasteiger partial charge in [-0.3, -0.25) is 19.3 Å². The number of hydrogen-bond donors (Lipinski definition) is 1. The average molecular weight is 582 g/mol. The van der Waals surface area contributed by atoms with E-state index in [4.69, 9.17) is 14.2 Å². The van der Waals surface area contributed by atoms with E-state index in [1.807, 2.05) is 30.3 Å². The third-order valence-corrected chi connectivity index (χ3v) is 9.19. The number of benzene rings is 1. The lowest BCUT2D eigenvalue weighted by atomic mass is 9.70. The molecule has 6 atom stereocenters. The second-order valence-electron chi connectivity index (χ2n) is 11.5. The maximum Gasteiger partial charge on any atom is 0.312 e. The molecule has 1 N–H and O–H groups in total. The predicted molar refractivity (Wildman–Crippen MR) is 155 cm³/mol. The summed E-state index contributed by atoms with van der Waals surface area (Å²) in [5, 5.41) is 10.7. The first-order chi connectivity index (χ1) is 20.5. The zero-order valence-corrected chi connectivity index (χ0v) is 24.3. The zero-order chi connectivity index (χ0) is 29.7. The molecule has 1 aromatic carbocycles. The highest BCUT2D eigenvalue weighted by Gasteiger charge is 2.75. The number of nitrogens with zero attached hydrogens (tertiary/aromatic N) is 3. The van der Waals surface area contributed by atoms with Gasteiger partial charge in [-0.2, -0.15) is 0 Å². The van der Waals surface area contributed by atoms with Crippen molar-refractivity contribution in [2.24, 2.45) is 11.8 Å². The summed E-state index contributed by atoms with van der Waals surface area (Å²) in [7, 11) is 0. The average Bonchev–Trinajstić information content (AvgIpc) is 3.66. The van der Waals surface area contributed by atoms with E-state index in [-0.39, 0.29) is 25.0 Å². The van der Waals surface area contributed by atoms with Crippen molar-refractivity contribution in [2.45, 2.75) is 49.5 Å². The number of morpholine rings is 1. The molecule has 4 aliphatic heterocycles. The predicted octanol–water partition coefficient (Wildman–Crippen LogP) is 1.95. The standard InChI is InChI=1S/C32H43N3O7/c1-3-5-9-19-41-31(39)26-25-12-13-32(42-25)27(26)29(37)35(24(22-36)23-10-7-6-8-11-23)28(32)30(38)34(14-4-2)16-15-33-17-20-40-21-18-33/h3-4,6-8,10-11,24-28,36H,1-2,5,9,12-22H2/t24-,25+,26-,27+,28?,32?/m1/s1. The van der Waals surface area contributed by atoms with Gasteiger partial charge in [0, 0.05) is 32.7 Å². The van der Waals surface area contributed by atoms with E-state index < -0.39 is 41.6 Å². The highest BCUT2D eigenvalue weighted by Crippen LogP contribution is 2.60. The van der Waals surface area contributed by atoms with E-state index in [1.54, 1.807) is 17.1 Å². The molecule has 4 heterocycles. The molecule has 228 valence electrons. The highest BCUT2D eigenvalue weighted by molar-refractivity contribution is 5.98. The lowest BCUT2D eigenvalue weighted by Crippen LogP contribution is -2.58. The Morgan fingerprint density at radius 3 is 2.64 bits per heavy atom. The van der Waals surface area contributed by atoms with Gasteiger partial charge in [-0.1, -0.05) is 42.5 Å². The smallest absolute Gasteiger partial charge is 0.312 e. The first-order valence-electron chi connectivity index (χ1n) is 15.1. The van der Waals surface area contributed by atoms with Crippen molar-refractivity contribution in [1.82, 2.24) is 14.7 Å². The van der Waals surface area contributed by atoms with Crippen molar-refractivity contribution in [3.05, 3.63) is 61.2 Å². The van der Waals surface area contributed by atoms with Crippen LogP contribution in [0.25, 0.3) is 0 Å². The summed E-state index contributed by atoms with van der Waals surface area (Å²) in [5.41, 5.74) is -0.464. The van der Waals surface area contributed by atoms with Gasteiger partial charge >= 0.3 is 5.97 Å².